The highest BCUT2D eigenvalue weighted by molar-refractivity contribution is 7.15. The number of halogens is 4. The van der Waals surface area contributed by atoms with Gasteiger partial charge in [-0.1, -0.05) is 11.6 Å². The van der Waals surface area contributed by atoms with Crippen LogP contribution in [0.1, 0.15) is 47.9 Å². The first kappa shape index (κ1) is 23.5. The van der Waals surface area contributed by atoms with E-state index in [0.29, 0.717) is 16.8 Å². The van der Waals surface area contributed by atoms with Crippen molar-refractivity contribution >= 4 is 46.5 Å². The average Bonchev–Trinajstić information content (AvgIpc) is 3.09. The van der Waals surface area contributed by atoms with Crippen LogP contribution in [0.4, 0.5) is 23.8 Å². The van der Waals surface area contributed by atoms with Crippen molar-refractivity contribution in [3.63, 3.8) is 0 Å². The second-order valence-corrected chi connectivity index (χ2v) is 8.28. The summed E-state index contributed by atoms with van der Waals surface area (Å²) >= 11 is 6.43. The topological polar surface area (TPSA) is 106 Å². The number of hydrogen-bond acceptors (Lipinski definition) is 7. The molecule has 0 aliphatic carbocycles. The summed E-state index contributed by atoms with van der Waals surface area (Å²) < 4.78 is 43.8. The fraction of sp³-hybridized carbons (Fsp3) is 0.353. The van der Waals surface area contributed by atoms with Crippen molar-refractivity contribution < 1.29 is 27.5 Å². The van der Waals surface area contributed by atoms with Gasteiger partial charge < -0.3 is 10.1 Å². The molecule has 0 atom stereocenters. The van der Waals surface area contributed by atoms with Gasteiger partial charge in [-0.3, -0.25) is 4.79 Å². The molecule has 2 amide bonds. The maximum Gasteiger partial charge on any atom is 0.428 e. The van der Waals surface area contributed by atoms with E-state index in [1.807, 2.05) is 0 Å². The Morgan fingerprint density at radius 3 is 2.47 bits per heavy atom. The molecular formula is C17H17ClF3N5O3S. The molecule has 0 unspecified atom stereocenters. The molecule has 30 heavy (non-hydrogen) atoms. The highest BCUT2D eigenvalue weighted by Gasteiger charge is 2.34. The number of amides is 2. The summed E-state index contributed by atoms with van der Waals surface area (Å²) in [6, 6.07) is 0.639. The number of rotatable bonds is 4. The molecule has 0 saturated carbocycles. The summed E-state index contributed by atoms with van der Waals surface area (Å²) in [6.45, 7) is 6.64. The van der Waals surface area contributed by atoms with Crippen molar-refractivity contribution in [2.45, 2.75) is 39.5 Å². The molecule has 0 aliphatic heterocycles. The van der Waals surface area contributed by atoms with Gasteiger partial charge in [-0.25, -0.2) is 20.2 Å². The van der Waals surface area contributed by atoms with Crippen molar-refractivity contribution in [1.82, 2.24) is 15.4 Å². The van der Waals surface area contributed by atoms with Crippen LogP contribution in [0.2, 0.25) is 5.02 Å². The van der Waals surface area contributed by atoms with E-state index in [0.717, 1.165) is 17.5 Å². The number of hydrogen-bond donors (Lipinski definition) is 2. The van der Waals surface area contributed by atoms with Gasteiger partial charge in [0.2, 0.25) is 0 Å². The zero-order valence-electron chi connectivity index (χ0n) is 16.2. The van der Waals surface area contributed by atoms with Gasteiger partial charge in [0, 0.05) is 6.20 Å². The van der Waals surface area contributed by atoms with Crippen LogP contribution in [0.3, 0.4) is 0 Å². The van der Waals surface area contributed by atoms with Crippen LogP contribution < -0.4 is 10.7 Å². The summed E-state index contributed by atoms with van der Waals surface area (Å²) in [5.41, 5.74) is 0.697. The molecule has 0 bridgehead atoms. The largest absolute Gasteiger partial charge is 0.443 e. The number of thiazole rings is 1. The Kier molecular flexibility index (Phi) is 7.03. The van der Waals surface area contributed by atoms with Gasteiger partial charge in [0.05, 0.1) is 22.5 Å². The first-order valence-corrected chi connectivity index (χ1v) is 9.49. The average molecular weight is 464 g/mol. The lowest BCUT2D eigenvalue weighted by molar-refractivity contribution is -0.137. The quantitative estimate of drug-likeness (QED) is 0.504. The minimum absolute atomic E-state index is 0.0992. The molecular weight excluding hydrogens is 447 g/mol. The van der Waals surface area contributed by atoms with Crippen LogP contribution in [0.5, 0.6) is 0 Å². The fourth-order valence-corrected chi connectivity index (χ4v) is 2.89. The van der Waals surface area contributed by atoms with E-state index in [4.69, 9.17) is 16.3 Å². The molecule has 2 rings (SSSR count). The molecule has 0 radical (unpaired) electrons. The van der Waals surface area contributed by atoms with Gasteiger partial charge >= 0.3 is 12.3 Å². The highest BCUT2D eigenvalue weighted by atomic mass is 35.5. The van der Waals surface area contributed by atoms with Gasteiger partial charge in [0.25, 0.3) is 5.91 Å². The molecule has 0 saturated heterocycles. The number of nitrogens with one attached hydrogen (secondary N) is 2. The predicted molar refractivity (Wildman–Crippen MR) is 106 cm³/mol. The highest BCUT2D eigenvalue weighted by Crippen LogP contribution is 2.35. The summed E-state index contributed by atoms with van der Waals surface area (Å²) in [5, 5.41) is 5.84. The Hall–Kier alpha value is -2.73. The Bertz CT molecular complexity index is 986. The van der Waals surface area contributed by atoms with E-state index >= 15 is 0 Å². The number of anilines is 1. The van der Waals surface area contributed by atoms with Crippen molar-refractivity contribution in [3.8, 4) is 0 Å². The summed E-state index contributed by atoms with van der Waals surface area (Å²) in [7, 11) is 0. The second kappa shape index (κ2) is 8.96. The van der Waals surface area contributed by atoms with E-state index < -0.39 is 34.4 Å². The van der Waals surface area contributed by atoms with Crippen LogP contribution in [0, 0.1) is 0 Å². The lowest BCUT2D eigenvalue weighted by Crippen LogP contribution is -2.30. The maximum atomic E-state index is 12.9. The van der Waals surface area contributed by atoms with Crippen molar-refractivity contribution in [1.29, 1.82) is 0 Å². The van der Waals surface area contributed by atoms with Gasteiger partial charge in [0.15, 0.2) is 0 Å². The molecule has 13 heteroatoms. The van der Waals surface area contributed by atoms with E-state index in [1.165, 1.54) is 6.20 Å². The summed E-state index contributed by atoms with van der Waals surface area (Å²) in [4.78, 5) is 31.7. The van der Waals surface area contributed by atoms with Crippen LogP contribution in [0.15, 0.2) is 23.6 Å². The number of pyridine rings is 1. The van der Waals surface area contributed by atoms with Gasteiger partial charge in [-0.15, -0.1) is 11.3 Å². The molecule has 0 spiro atoms. The standard InChI is InChI=1S/C17H17ClF3N5O3S/c1-8(25-26-15(28)29-16(2,3)4)14-23-7-11(30-14)13(27)24-12-5-9(17(19,20)21)10(18)6-22-12/h5-7H,1-4H3,(H,26,28)(H,22,24,27)/b25-8-. The monoisotopic (exact) mass is 463 g/mol. The number of ether oxygens (including phenoxy) is 1. The number of nitrogens with zero attached hydrogens (tertiary/aromatic N) is 3. The molecule has 162 valence electrons. The number of carbonyl (C=O) groups excluding carboxylic acids is 2. The molecule has 0 fully saturated rings. The second-order valence-electron chi connectivity index (χ2n) is 6.84. The number of aromatic nitrogens is 2. The van der Waals surface area contributed by atoms with Crippen LogP contribution in [-0.2, 0) is 10.9 Å². The predicted octanol–water partition coefficient (Wildman–Crippen LogP) is 4.71. The van der Waals surface area contributed by atoms with Crippen LogP contribution in [0.25, 0.3) is 0 Å². The van der Waals surface area contributed by atoms with Crippen LogP contribution in [-0.4, -0.2) is 33.3 Å². The van der Waals surface area contributed by atoms with Gasteiger partial charge in [0.1, 0.15) is 21.3 Å². The molecule has 0 aromatic carbocycles. The zero-order valence-corrected chi connectivity index (χ0v) is 17.8. The number of hydrazone groups is 1. The lowest BCUT2D eigenvalue weighted by atomic mass is 10.2. The van der Waals surface area contributed by atoms with Gasteiger partial charge in [-0.05, 0) is 33.8 Å². The van der Waals surface area contributed by atoms with Crippen molar-refractivity contribution in [2.75, 3.05) is 5.32 Å². The Labute approximate surface area is 178 Å². The third-order valence-corrected chi connectivity index (χ3v) is 4.56. The first-order valence-electron chi connectivity index (χ1n) is 8.30. The van der Waals surface area contributed by atoms with E-state index in [-0.39, 0.29) is 10.7 Å². The Balaban J connectivity index is 2.08. The van der Waals surface area contributed by atoms with E-state index in [9.17, 15) is 22.8 Å². The van der Waals surface area contributed by atoms with Crippen molar-refractivity contribution in [2.24, 2.45) is 5.10 Å². The minimum atomic E-state index is -4.69. The Morgan fingerprint density at radius 1 is 1.20 bits per heavy atom. The van der Waals surface area contributed by atoms with Crippen LogP contribution >= 0.6 is 22.9 Å². The molecule has 2 heterocycles. The smallest absolute Gasteiger partial charge is 0.428 e. The number of carbonyl (C=O) groups is 2. The lowest BCUT2D eigenvalue weighted by Gasteiger charge is -2.18. The minimum Gasteiger partial charge on any atom is -0.443 e. The molecule has 2 aromatic rings. The number of alkyl halides is 3. The third-order valence-electron chi connectivity index (χ3n) is 3.16. The SMILES string of the molecule is C/C(=N/NC(=O)OC(C)(C)C)c1ncc(C(=O)Nc2cc(C(F)(F)F)c(Cl)cn2)s1. The normalized spacial score (nSPS) is 12.5. The molecule has 8 nitrogen and oxygen atoms in total. The third kappa shape index (κ3) is 6.66. The summed E-state index contributed by atoms with van der Waals surface area (Å²) in [5.74, 6) is -1.03. The molecule has 0 aliphatic rings. The van der Waals surface area contributed by atoms with Crippen molar-refractivity contribution in [3.05, 3.63) is 38.9 Å². The fourth-order valence-electron chi connectivity index (χ4n) is 1.93. The maximum absolute atomic E-state index is 12.9. The van der Waals surface area contributed by atoms with Gasteiger partial charge in [-0.2, -0.15) is 18.3 Å². The Morgan fingerprint density at radius 2 is 1.87 bits per heavy atom. The van der Waals surface area contributed by atoms with E-state index in [1.54, 1.807) is 27.7 Å². The first-order chi connectivity index (χ1) is 13.8. The molecule has 2 N–H and O–H groups in total. The van der Waals surface area contributed by atoms with E-state index in [2.05, 4.69) is 25.8 Å². The molecule has 2 aromatic heterocycles. The zero-order chi connectivity index (χ0) is 22.7. The summed E-state index contributed by atoms with van der Waals surface area (Å²) in [6.07, 6.45) is -3.42.